The molecule has 2 aromatic rings. The Morgan fingerprint density at radius 2 is 1.92 bits per heavy atom. The van der Waals surface area contributed by atoms with Gasteiger partial charge in [0.25, 0.3) is 0 Å². The molecule has 1 aromatic heterocycles. The highest BCUT2D eigenvalue weighted by Crippen LogP contribution is 2.46. The van der Waals surface area contributed by atoms with Gasteiger partial charge in [0, 0.05) is 16.9 Å². The number of thiazole rings is 1. The van der Waals surface area contributed by atoms with Crippen LogP contribution >= 0.6 is 11.3 Å². The zero-order valence-corrected chi connectivity index (χ0v) is 17.5. The highest BCUT2D eigenvalue weighted by Gasteiger charge is 2.34. The number of nitrogens with one attached hydrogen (secondary N) is 1. The zero-order chi connectivity index (χ0) is 18.3. The van der Waals surface area contributed by atoms with E-state index in [1.165, 1.54) is 41.9 Å². The van der Waals surface area contributed by atoms with Crippen molar-refractivity contribution in [2.45, 2.75) is 70.6 Å². The molecule has 1 aromatic carbocycles. The lowest BCUT2D eigenvalue weighted by Crippen LogP contribution is -2.28. The third-order valence-corrected chi connectivity index (χ3v) is 7.58. The summed E-state index contributed by atoms with van der Waals surface area (Å²) in [6, 6.07) is 7.16. The molecule has 1 atom stereocenters. The van der Waals surface area contributed by atoms with E-state index in [9.17, 15) is 0 Å². The molecule has 2 aliphatic rings. The Bertz CT molecular complexity index is 768. The van der Waals surface area contributed by atoms with Gasteiger partial charge in [0.15, 0.2) is 0 Å². The first-order chi connectivity index (χ1) is 12.5. The fourth-order valence-electron chi connectivity index (χ4n) is 4.82. The van der Waals surface area contributed by atoms with E-state index in [0.29, 0.717) is 23.2 Å². The van der Waals surface area contributed by atoms with Gasteiger partial charge in [0.1, 0.15) is 0 Å². The molecule has 1 aliphatic heterocycles. The average Bonchev–Trinajstić information content (AvgIpc) is 3.12. The second-order valence-corrected chi connectivity index (χ2v) is 10.1. The van der Waals surface area contributed by atoms with Crippen LogP contribution in [0, 0.1) is 5.92 Å². The maximum absolute atomic E-state index is 5.05. The molecule has 26 heavy (non-hydrogen) atoms. The van der Waals surface area contributed by atoms with Gasteiger partial charge in [-0.2, -0.15) is 0 Å². The summed E-state index contributed by atoms with van der Waals surface area (Å²) in [5.41, 5.74) is 5.91. The van der Waals surface area contributed by atoms with E-state index in [0.717, 1.165) is 13.1 Å². The normalized spacial score (nSPS) is 23.2. The first-order valence-corrected chi connectivity index (χ1v) is 11.1. The van der Waals surface area contributed by atoms with Gasteiger partial charge in [-0.15, -0.1) is 11.3 Å². The van der Waals surface area contributed by atoms with Gasteiger partial charge in [0.2, 0.25) is 0 Å². The van der Waals surface area contributed by atoms with E-state index < -0.39 is 0 Å². The zero-order valence-electron chi connectivity index (χ0n) is 16.6. The van der Waals surface area contributed by atoms with Crippen LogP contribution in [-0.2, 0) is 5.41 Å². The molecule has 1 aliphatic carbocycles. The van der Waals surface area contributed by atoms with E-state index in [2.05, 4.69) is 56.6 Å². The summed E-state index contributed by atoms with van der Waals surface area (Å²) >= 11 is 1.86. The Morgan fingerprint density at radius 3 is 2.65 bits per heavy atom. The summed E-state index contributed by atoms with van der Waals surface area (Å²) in [5, 5.41) is 7.07. The standard InChI is InChI=1S/C23H32N2S/c1-15(2)18-7-10-23(3,4)20-6-5-17(13-19(18)20)21-14-26-22(25-21)16-8-11-24-12-9-16/h5-6,13-16,18,24H,7-12H2,1-4H3. The molecule has 0 saturated carbocycles. The fraction of sp³-hybridized carbons (Fsp3) is 0.609. The van der Waals surface area contributed by atoms with Gasteiger partial charge >= 0.3 is 0 Å². The third kappa shape index (κ3) is 3.36. The summed E-state index contributed by atoms with van der Waals surface area (Å²) in [4.78, 5) is 5.05. The summed E-state index contributed by atoms with van der Waals surface area (Å²) in [6.07, 6.45) is 5.04. The van der Waals surface area contributed by atoms with Crippen molar-refractivity contribution in [1.29, 1.82) is 0 Å². The highest BCUT2D eigenvalue weighted by atomic mass is 32.1. The Hall–Kier alpha value is -1.19. The van der Waals surface area contributed by atoms with E-state index in [4.69, 9.17) is 4.98 Å². The minimum Gasteiger partial charge on any atom is -0.317 e. The molecule has 0 radical (unpaired) electrons. The molecule has 0 bridgehead atoms. The Balaban J connectivity index is 1.68. The van der Waals surface area contributed by atoms with Gasteiger partial charge in [-0.1, -0.05) is 39.8 Å². The maximum atomic E-state index is 5.05. The van der Waals surface area contributed by atoms with Crippen LogP contribution in [0.1, 0.15) is 81.3 Å². The van der Waals surface area contributed by atoms with Crippen molar-refractivity contribution in [3.8, 4) is 11.3 Å². The number of rotatable bonds is 3. The van der Waals surface area contributed by atoms with Crippen LogP contribution in [0.3, 0.4) is 0 Å². The largest absolute Gasteiger partial charge is 0.317 e. The molecule has 3 heteroatoms. The second kappa shape index (κ2) is 7.09. The summed E-state index contributed by atoms with van der Waals surface area (Å²) in [5.74, 6) is 2.02. The van der Waals surface area contributed by atoms with Crippen molar-refractivity contribution >= 4 is 11.3 Å². The van der Waals surface area contributed by atoms with Crippen molar-refractivity contribution in [3.63, 3.8) is 0 Å². The third-order valence-electron chi connectivity index (χ3n) is 6.57. The number of hydrogen-bond acceptors (Lipinski definition) is 3. The van der Waals surface area contributed by atoms with Crippen molar-refractivity contribution in [1.82, 2.24) is 10.3 Å². The van der Waals surface area contributed by atoms with Crippen LogP contribution in [0.25, 0.3) is 11.3 Å². The summed E-state index contributed by atoms with van der Waals surface area (Å²) in [7, 11) is 0. The lowest BCUT2D eigenvalue weighted by molar-refractivity contribution is 0.346. The predicted molar refractivity (Wildman–Crippen MR) is 112 cm³/mol. The van der Waals surface area contributed by atoms with Crippen LogP contribution in [0.5, 0.6) is 0 Å². The topological polar surface area (TPSA) is 24.9 Å². The number of benzene rings is 1. The van der Waals surface area contributed by atoms with E-state index >= 15 is 0 Å². The van der Waals surface area contributed by atoms with Crippen molar-refractivity contribution in [2.24, 2.45) is 5.92 Å². The van der Waals surface area contributed by atoms with Gasteiger partial charge in [0.05, 0.1) is 10.7 Å². The predicted octanol–water partition coefficient (Wildman–Crippen LogP) is 6.09. The second-order valence-electron chi connectivity index (χ2n) is 9.17. The number of fused-ring (bicyclic) bond motifs is 1. The molecule has 140 valence electrons. The molecule has 0 spiro atoms. The monoisotopic (exact) mass is 368 g/mol. The summed E-state index contributed by atoms with van der Waals surface area (Å²) in [6.45, 7) is 11.8. The lowest BCUT2D eigenvalue weighted by Gasteiger charge is -2.39. The number of aromatic nitrogens is 1. The van der Waals surface area contributed by atoms with E-state index in [1.54, 1.807) is 11.1 Å². The molecule has 1 saturated heterocycles. The number of nitrogens with zero attached hydrogens (tertiary/aromatic N) is 1. The van der Waals surface area contributed by atoms with Crippen LogP contribution in [0.2, 0.25) is 0 Å². The number of piperidine rings is 1. The van der Waals surface area contributed by atoms with Crippen LogP contribution in [-0.4, -0.2) is 18.1 Å². The Kier molecular flexibility index (Phi) is 4.96. The number of hydrogen-bond donors (Lipinski definition) is 1. The van der Waals surface area contributed by atoms with Gasteiger partial charge in [-0.25, -0.2) is 4.98 Å². The first-order valence-electron chi connectivity index (χ1n) is 10.3. The SMILES string of the molecule is CC(C)C1CCC(C)(C)c2ccc(-c3csc(C4CCNCC4)n3)cc21. The van der Waals surface area contributed by atoms with Crippen molar-refractivity contribution in [2.75, 3.05) is 13.1 Å². The lowest BCUT2D eigenvalue weighted by atomic mass is 9.66. The van der Waals surface area contributed by atoms with Gasteiger partial charge in [-0.3, -0.25) is 0 Å². The molecular weight excluding hydrogens is 336 g/mol. The summed E-state index contributed by atoms with van der Waals surface area (Å²) < 4.78 is 0. The molecule has 4 rings (SSSR count). The smallest absolute Gasteiger partial charge is 0.0964 e. The van der Waals surface area contributed by atoms with Crippen LogP contribution in [0.15, 0.2) is 23.6 Å². The van der Waals surface area contributed by atoms with Crippen LogP contribution < -0.4 is 5.32 Å². The molecule has 1 N–H and O–H groups in total. The first kappa shape index (κ1) is 18.2. The average molecular weight is 369 g/mol. The van der Waals surface area contributed by atoms with Crippen LogP contribution in [0.4, 0.5) is 0 Å². The molecular formula is C23H32N2S. The minimum absolute atomic E-state index is 0.293. The fourth-order valence-corrected chi connectivity index (χ4v) is 5.82. The quantitative estimate of drug-likeness (QED) is 0.709. The van der Waals surface area contributed by atoms with Crippen molar-refractivity contribution in [3.05, 3.63) is 39.7 Å². The van der Waals surface area contributed by atoms with Gasteiger partial charge in [-0.05, 0) is 73.2 Å². The Morgan fingerprint density at radius 1 is 1.15 bits per heavy atom. The molecule has 2 nitrogen and oxygen atoms in total. The van der Waals surface area contributed by atoms with E-state index in [-0.39, 0.29) is 0 Å². The molecule has 1 fully saturated rings. The van der Waals surface area contributed by atoms with Crippen molar-refractivity contribution < 1.29 is 0 Å². The molecule has 0 amide bonds. The van der Waals surface area contributed by atoms with Gasteiger partial charge < -0.3 is 5.32 Å². The maximum Gasteiger partial charge on any atom is 0.0964 e. The highest BCUT2D eigenvalue weighted by molar-refractivity contribution is 7.10. The Labute approximate surface area is 162 Å². The minimum atomic E-state index is 0.293. The molecule has 2 heterocycles. The molecule has 1 unspecified atom stereocenters. The van der Waals surface area contributed by atoms with E-state index in [1.807, 2.05) is 11.3 Å².